The lowest BCUT2D eigenvalue weighted by atomic mass is 10.2. The minimum absolute atomic E-state index is 0.594. The summed E-state index contributed by atoms with van der Waals surface area (Å²) in [4.78, 5) is 10.6. The number of methoxy groups -OCH3 is 1. The van der Waals surface area contributed by atoms with Gasteiger partial charge in [0, 0.05) is 10.9 Å². The number of aldehydes is 1. The van der Waals surface area contributed by atoms with Crippen LogP contribution in [0.25, 0.3) is 0 Å². The van der Waals surface area contributed by atoms with E-state index in [-0.39, 0.29) is 0 Å². The highest BCUT2D eigenvalue weighted by molar-refractivity contribution is 9.09. The Kier molecular flexibility index (Phi) is 5.93. The van der Waals surface area contributed by atoms with Gasteiger partial charge in [-0.25, -0.2) is 0 Å². The molecular weight excluding hydrogens is 272 g/mol. The fourth-order valence-corrected chi connectivity index (χ4v) is 1.65. The second-order valence-electron chi connectivity index (χ2n) is 3.27. The minimum atomic E-state index is 0.594. The Bertz CT molecular complexity index is 339. The predicted octanol–water partition coefficient (Wildman–Crippen LogP) is 3.06. The van der Waals surface area contributed by atoms with E-state index < -0.39 is 0 Å². The number of benzene rings is 1. The van der Waals surface area contributed by atoms with Gasteiger partial charge < -0.3 is 9.47 Å². The van der Waals surface area contributed by atoms with Crippen molar-refractivity contribution in [2.45, 2.75) is 12.8 Å². The third-order valence-corrected chi connectivity index (χ3v) is 2.67. The number of halogens is 1. The van der Waals surface area contributed by atoms with E-state index in [1.165, 1.54) is 0 Å². The molecule has 0 bridgehead atoms. The predicted molar refractivity (Wildman–Crippen MR) is 66.9 cm³/mol. The van der Waals surface area contributed by atoms with Gasteiger partial charge in [-0.05, 0) is 31.0 Å². The second kappa shape index (κ2) is 7.28. The van der Waals surface area contributed by atoms with E-state index in [4.69, 9.17) is 9.47 Å². The standard InChI is InChI=1S/C12H15BrO3/c1-15-11-5-4-10(9-14)8-12(11)16-7-3-2-6-13/h4-5,8-9H,2-3,6-7H2,1H3. The molecule has 0 unspecified atom stereocenters. The summed E-state index contributed by atoms with van der Waals surface area (Å²) in [5.74, 6) is 1.28. The summed E-state index contributed by atoms with van der Waals surface area (Å²) >= 11 is 3.36. The molecule has 0 saturated heterocycles. The first kappa shape index (κ1) is 13.0. The van der Waals surface area contributed by atoms with Gasteiger partial charge in [-0.1, -0.05) is 15.9 Å². The van der Waals surface area contributed by atoms with Crippen molar-refractivity contribution in [3.63, 3.8) is 0 Å². The zero-order valence-corrected chi connectivity index (χ0v) is 10.8. The van der Waals surface area contributed by atoms with Gasteiger partial charge in [0.1, 0.15) is 6.29 Å². The molecule has 0 saturated carbocycles. The normalized spacial score (nSPS) is 9.88. The number of carbonyl (C=O) groups excluding carboxylic acids is 1. The Hall–Kier alpha value is -1.03. The SMILES string of the molecule is COc1ccc(C=O)cc1OCCCCBr. The minimum Gasteiger partial charge on any atom is -0.493 e. The van der Waals surface area contributed by atoms with Crippen molar-refractivity contribution in [3.05, 3.63) is 23.8 Å². The third kappa shape index (κ3) is 3.85. The van der Waals surface area contributed by atoms with E-state index >= 15 is 0 Å². The number of carbonyl (C=O) groups is 1. The molecule has 0 aliphatic carbocycles. The lowest BCUT2D eigenvalue weighted by Crippen LogP contribution is -2.00. The van der Waals surface area contributed by atoms with Crippen LogP contribution in [0.15, 0.2) is 18.2 Å². The molecule has 0 aliphatic rings. The van der Waals surface area contributed by atoms with E-state index in [0.717, 1.165) is 24.5 Å². The first-order valence-corrected chi connectivity index (χ1v) is 6.26. The van der Waals surface area contributed by atoms with Gasteiger partial charge in [0.2, 0.25) is 0 Å². The fourth-order valence-electron chi connectivity index (χ4n) is 1.26. The van der Waals surface area contributed by atoms with E-state index in [9.17, 15) is 4.79 Å². The van der Waals surface area contributed by atoms with Crippen LogP contribution >= 0.6 is 15.9 Å². The Labute approximate surface area is 104 Å². The number of rotatable bonds is 7. The Morgan fingerprint density at radius 2 is 2.12 bits per heavy atom. The summed E-state index contributed by atoms with van der Waals surface area (Å²) in [6.45, 7) is 0.629. The first-order chi connectivity index (χ1) is 7.81. The van der Waals surface area contributed by atoms with Crippen LogP contribution in [-0.4, -0.2) is 25.3 Å². The van der Waals surface area contributed by atoms with E-state index in [1.807, 2.05) is 0 Å². The molecule has 3 nitrogen and oxygen atoms in total. The molecule has 0 N–H and O–H groups in total. The van der Waals surface area contributed by atoms with Crippen LogP contribution in [0.2, 0.25) is 0 Å². The van der Waals surface area contributed by atoms with Gasteiger partial charge >= 0.3 is 0 Å². The summed E-state index contributed by atoms with van der Waals surface area (Å²) in [7, 11) is 1.58. The topological polar surface area (TPSA) is 35.5 Å². The fraction of sp³-hybridized carbons (Fsp3) is 0.417. The largest absolute Gasteiger partial charge is 0.493 e. The quantitative estimate of drug-likeness (QED) is 0.439. The smallest absolute Gasteiger partial charge is 0.161 e. The number of ether oxygens (including phenoxy) is 2. The molecule has 0 fully saturated rings. The van der Waals surface area contributed by atoms with Crippen LogP contribution < -0.4 is 9.47 Å². The monoisotopic (exact) mass is 286 g/mol. The van der Waals surface area contributed by atoms with Gasteiger partial charge in [-0.3, -0.25) is 4.79 Å². The molecule has 0 aromatic heterocycles. The molecule has 1 aromatic carbocycles. The lowest BCUT2D eigenvalue weighted by molar-refractivity contribution is 0.112. The molecule has 0 radical (unpaired) electrons. The second-order valence-corrected chi connectivity index (χ2v) is 4.07. The number of unbranched alkanes of at least 4 members (excludes halogenated alkanes) is 1. The molecule has 0 amide bonds. The molecule has 1 rings (SSSR count). The summed E-state index contributed by atoms with van der Waals surface area (Å²) in [5.41, 5.74) is 0.594. The van der Waals surface area contributed by atoms with Gasteiger partial charge in [0.25, 0.3) is 0 Å². The van der Waals surface area contributed by atoms with Gasteiger partial charge in [-0.15, -0.1) is 0 Å². The third-order valence-electron chi connectivity index (χ3n) is 2.11. The maximum absolute atomic E-state index is 10.6. The van der Waals surface area contributed by atoms with Crippen LogP contribution in [0, 0.1) is 0 Å². The van der Waals surface area contributed by atoms with Crippen LogP contribution in [-0.2, 0) is 0 Å². The molecule has 1 aromatic rings. The van der Waals surface area contributed by atoms with Crippen molar-refractivity contribution >= 4 is 22.2 Å². The highest BCUT2D eigenvalue weighted by atomic mass is 79.9. The van der Waals surface area contributed by atoms with Crippen LogP contribution in [0.4, 0.5) is 0 Å². The van der Waals surface area contributed by atoms with Crippen LogP contribution in [0.3, 0.4) is 0 Å². The summed E-state index contributed by atoms with van der Waals surface area (Å²) in [5, 5.41) is 0.974. The maximum atomic E-state index is 10.6. The molecule has 0 atom stereocenters. The highest BCUT2D eigenvalue weighted by Crippen LogP contribution is 2.27. The number of hydrogen-bond acceptors (Lipinski definition) is 3. The molecule has 88 valence electrons. The van der Waals surface area contributed by atoms with Gasteiger partial charge in [-0.2, -0.15) is 0 Å². The molecule has 4 heteroatoms. The van der Waals surface area contributed by atoms with E-state index in [1.54, 1.807) is 25.3 Å². The van der Waals surface area contributed by atoms with E-state index in [2.05, 4.69) is 15.9 Å². The number of hydrogen-bond donors (Lipinski definition) is 0. The van der Waals surface area contributed by atoms with Crippen molar-refractivity contribution in [2.24, 2.45) is 0 Å². The summed E-state index contributed by atoms with van der Waals surface area (Å²) in [6, 6.07) is 5.14. The summed E-state index contributed by atoms with van der Waals surface area (Å²) < 4.78 is 10.7. The average Bonchev–Trinajstić information content (AvgIpc) is 2.34. The van der Waals surface area contributed by atoms with Crippen molar-refractivity contribution in [3.8, 4) is 11.5 Å². The first-order valence-electron chi connectivity index (χ1n) is 5.13. The lowest BCUT2D eigenvalue weighted by Gasteiger charge is -2.10. The Morgan fingerprint density at radius 3 is 2.75 bits per heavy atom. The summed E-state index contributed by atoms with van der Waals surface area (Å²) in [6.07, 6.45) is 2.83. The van der Waals surface area contributed by atoms with Crippen molar-refractivity contribution in [2.75, 3.05) is 19.0 Å². The zero-order valence-electron chi connectivity index (χ0n) is 9.24. The van der Waals surface area contributed by atoms with Crippen molar-refractivity contribution in [1.82, 2.24) is 0 Å². The molecule has 0 spiro atoms. The molecular formula is C12H15BrO3. The van der Waals surface area contributed by atoms with Crippen LogP contribution in [0.1, 0.15) is 23.2 Å². The maximum Gasteiger partial charge on any atom is 0.161 e. The molecule has 16 heavy (non-hydrogen) atoms. The molecule has 0 heterocycles. The van der Waals surface area contributed by atoms with Gasteiger partial charge in [0.05, 0.1) is 13.7 Å². The number of alkyl halides is 1. The van der Waals surface area contributed by atoms with E-state index in [0.29, 0.717) is 23.7 Å². The van der Waals surface area contributed by atoms with Crippen molar-refractivity contribution < 1.29 is 14.3 Å². The zero-order chi connectivity index (χ0) is 11.8. The van der Waals surface area contributed by atoms with Crippen molar-refractivity contribution in [1.29, 1.82) is 0 Å². The Balaban J connectivity index is 2.64. The Morgan fingerprint density at radius 1 is 1.31 bits per heavy atom. The highest BCUT2D eigenvalue weighted by Gasteiger charge is 2.05. The van der Waals surface area contributed by atoms with Gasteiger partial charge in [0.15, 0.2) is 11.5 Å². The van der Waals surface area contributed by atoms with Crippen LogP contribution in [0.5, 0.6) is 11.5 Å². The average molecular weight is 287 g/mol. The molecule has 0 aliphatic heterocycles.